The highest BCUT2D eigenvalue weighted by molar-refractivity contribution is 9.10. The Bertz CT molecular complexity index is 546. The van der Waals surface area contributed by atoms with Gasteiger partial charge in [-0.25, -0.2) is 9.37 Å². The van der Waals surface area contributed by atoms with Crippen LogP contribution in [0.1, 0.15) is 18.5 Å². The minimum absolute atomic E-state index is 0.243. The van der Waals surface area contributed by atoms with Crippen molar-refractivity contribution < 1.29 is 4.39 Å². The van der Waals surface area contributed by atoms with Gasteiger partial charge in [0.25, 0.3) is 0 Å². The van der Waals surface area contributed by atoms with Crippen molar-refractivity contribution in [3.05, 3.63) is 39.6 Å². The third kappa shape index (κ3) is 2.96. The second-order valence-corrected chi connectivity index (χ2v) is 6.23. The van der Waals surface area contributed by atoms with Crippen molar-refractivity contribution in [1.82, 2.24) is 10.3 Å². The van der Waals surface area contributed by atoms with Gasteiger partial charge in [0.2, 0.25) is 0 Å². The first-order chi connectivity index (χ1) is 8.70. The van der Waals surface area contributed by atoms with Crippen LogP contribution in [0.4, 0.5) is 4.39 Å². The van der Waals surface area contributed by atoms with E-state index < -0.39 is 0 Å². The normalized spacial score (nSPS) is 15.0. The van der Waals surface area contributed by atoms with Crippen molar-refractivity contribution in [2.75, 3.05) is 0 Å². The summed E-state index contributed by atoms with van der Waals surface area (Å²) in [6.07, 6.45) is 2.54. The molecule has 3 rings (SSSR count). The molecule has 1 N–H and O–H groups in total. The lowest BCUT2D eigenvalue weighted by Gasteiger charge is -1.99. The van der Waals surface area contributed by atoms with Gasteiger partial charge in [-0.05, 0) is 31.0 Å². The van der Waals surface area contributed by atoms with Gasteiger partial charge in [0.1, 0.15) is 10.8 Å². The summed E-state index contributed by atoms with van der Waals surface area (Å²) in [4.78, 5) is 4.53. The highest BCUT2D eigenvalue weighted by Crippen LogP contribution is 2.28. The number of benzene rings is 1. The molecule has 5 heteroatoms. The SMILES string of the molecule is Fc1cc(Br)cc(-c2nc(CNC3CC3)cs2)c1. The Balaban J connectivity index is 1.78. The molecule has 0 atom stereocenters. The lowest BCUT2D eigenvalue weighted by Crippen LogP contribution is -2.15. The Labute approximate surface area is 117 Å². The third-order valence-electron chi connectivity index (χ3n) is 2.81. The molecule has 1 aromatic carbocycles. The summed E-state index contributed by atoms with van der Waals surface area (Å²) in [7, 11) is 0. The number of rotatable bonds is 4. The molecule has 94 valence electrons. The maximum absolute atomic E-state index is 13.3. The Morgan fingerprint density at radius 3 is 2.94 bits per heavy atom. The molecular weight excluding hydrogens is 315 g/mol. The van der Waals surface area contributed by atoms with Gasteiger partial charge in [-0.3, -0.25) is 0 Å². The Hall–Kier alpha value is -0.780. The van der Waals surface area contributed by atoms with E-state index in [4.69, 9.17) is 0 Å². The van der Waals surface area contributed by atoms with Crippen LogP contribution in [0, 0.1) is 5.82 Å². The van der Waals surface area contributed by atoms with E-state index in [0.29, 0.717) is 6.04 Å². The molecule has 1 aliphatic carbocycles. The molecule has 0 unspecified atom stereocenters. The minimum Gasteiger partial charge on any atom is -0.308 e. The molecule has 1 aromatic heterocycles. The van der Waals surface area contributed by atoms with Crippen LogP contribution in [0.2, 0.25) is 0 Å². The molecule has 0 bridgehead atoms. The molecule has 1 heterocycles. The second kappa shape index (κ2) is 5.07. The Morgan fingerprint density at radius 1 is 1.39 bits per heavy atom. The predicted molar refractivity (Wildman–Crippen MR) is 75.1 cm³/mol. The summed E-state index contributed by atoms with van der Waals surface area (Å²) in [5.41, 5.74) is 1.85. The van der Waals surface area contributed by atoms with Gasteiger partial charge in [-0.2, -0.15) is 0 Å². The average molecular weight is 327 g/mol. The highest BCUT2D eigenvalue weighted by atomic mass is 79.9. The fourth-order valence-corrected chi connectivity index (χ4v) is 3.01. The highest BCUT2D eigenvalue weighted by Gasteiger charge is 2.20. The Morgan fingerprint density at radius 2 is 2.22 bits per heavy atom. The number of nitrogens with one attached hydrogen (secondary N) is 1. The van der Waals surface area contributed by atoms with Crippen LogP contribution in [0.3, 0.4) is 0 Å². The second-order valence-electron chi connectivity index (χ2n) is 4.46. The number of halogens is 2. The molecule has 0 amide bonds. The van der Waals surface area contributed by atoms with Crippen molar-refractivity contribution in [2.45, 2.75) is 25.4 Å². The van der Waals surface area contributed by atoms with E-state index in [-0.39, 0.29) is 5.82 Å². The van der Waals surface area contributed by atoms with E-state index in [1.165, 1.54) is 25.0 Å². The fraction of sp³-hybridized carbons (Fsp3) is 0.308. The molecule has 0 radical (unpaired) electrons. The van der Waals surface area contributed by atoms with E-state index >= 15 is 0 Å². The molecule has 2 aromatic rings. The summed E-state index contributed by atoms with van der Waals surface area (Å²) < 4.78 is 14.1. The van der Waals surface area contributed by atoms with Crippen LogP contribution in [-0.4, -0.2) is 11.0 Å². The number of hydrogen-bond acceptors (Lipinski definition) is 3. The number of thiazole rings is 1. The summed E-state index contributed by atoms with van der Waals surface area (Å²) >= 11 is 4.85. The van der Waals surface area contributed by atoms with Crippen molar-refractivity contribution in [2.24, 2.45) is 0 Å². The monoisotopic (exact) mass is 326 g/mol. The van der Waals surface area contributed by atoms with E-state index in [1.54, 1.807) is 11.3 Å². The first-order valence-electron chi connectivity index (χ1n) is 5.85. The van der Waals surface area contributed by atoms with Gasteiger partial charge in [0, 0.05) is 28.0 Å². The summed E-state index contributed by atoms with van der Waals surface area (Å²) in [6, 6.07) is 5.53. The van der Waals surface area contributed by atoms with Crippen LogP contribution in [-0.2, 0) is 6.54 Å². The van der Waals surface area contributed by atoms with Crippen molar-refractivity contribution in [1.29, 1.82) is 0 Å². The van der Waals surface area contributed by atoms with Gasteiger partial charge in [0.15, 0.2) is 0 Å². The zero-order valence-electron chi connectivity index (χ0n) is 9.62. The number of nitrogens with zero attached hydrogens (tertiary/aromatic N) is 1. The van der Waals surface area contributed by atoms with Crippen LogP contribution in [0.25, 0.3) is 10.6 Å². The van der Waals surface area contributed by atoms with E-state index in [2.05, 4.69) is 26.2 Å². The van der Waals surface area contributed by atoms with Crippen LogP contribution in [0.5, 0.6) is 0 Å². The largest absolute Gasteiger partial charge is 0.308 e. The van der Waals surface area contributed by atoms with Crippen molar-refractivity contribution in [3.8, 4) is 10.6 Å². The molecule has 1 aliphatic rings. The maximum Gasteiger partial charge on any atom is 0.125 e. The lowest BCUT2D eigenvalue weighted by atomic mass is 10.2. The van der Waals surface area contributed by atoms with Gasteiger partial charge in [-0.1, -0.05) is 15.9 Å². The molecule has 18 heavy (non-hydrogen) atoms. The molecule has 2 nitrogen and oxygen atoms in total. The molecule has 1 fully saturated rings. The van der Waals surface area contributed by atoms with Gasteiger partial charge in [0.05, 0.1) is 5.69 Å². The third-order valence-corrected chi connectivity index (χ3v) is 4.21. The zero-order valence-corrected chi connectivity index (χ0v) is 12.0. The quantitative estimate of drug-likeness (QED) is 0.919. The average Bonchev–Trinajstić information content (AvgIpc) is 3.02. The summed E-state index contributed by atoms with van der Waals surface area (Å²) in [5.74, 6) is -0.243. The zero-order chi connectivity index (χ0) is 12.5. The standard InChI is InChI=1S/C13H12BrFN2S/c14-9-3-8(4-10(15)5-9)13-17-12(7-18-13)6-16-11-1-2-11/h3-5,7,11,16H,1-2,6H2. The lowest BCUT2D eigenvalue weighted by molar-refractivity contribution is 0.627. The maximum atomic E-state index is 13.3. The Kier molecular flexibility index (Phi) is 3.46. The topological polar surface area (TPSA) is 24.9 Å². The van der Waals surface area contributed by atoms with Gasteiger partial charge in [-0.15, -0.1) is 11.3 Å². The van der Waals surface area contributed by atoms with Crippen LogP contribution in [0.15, 0.2) is 28.1 Å². The van der Waals surface area contributed by atoms with Crippen LogP contribution < -0.4 is 5.32 Å². The van der Waals surface area contributed by atoms with Gasteiger partial charge < -0.3 is 5.32 Å². The van der Waals surface area contributed by atoms with Crippen molar-refractivity contribution >= 4 is 27.3 Å². The van der Waals surface area contributed by atoms with E-state index in [1.807, 2.05) is 11.4 Å². The van der Waals surface area contributed by atoms with E-state index in [0.717, 1.165) is 27.3 Å². The number of hydrogen-bond donors (Lipinski definition) is 1. The molecule has 0 aliphatic heterocycles. The first kappa shape index (κ1) is 12.3. The van der Waals surface area contributed by atoms with E-state index in [9.17, 15) is 4.39 Å². The van der Waals surface area contributed by atoms with Gasteiger partial charge >= 0.3 is 0 Å². The molecule has 0 saturated heterocycles. The fourth-order valence-electron chi connectivity index (χ4n) is 1.73. The van der Waals surface area contributed by atoms with Crippen molar-refractivity contribution in [3.63, 3.8) is 0 Å². The molecule has 0 spiro atoms. The summed E-state index contributed by atoms with van der Waals surface area (Å²) in [5, 5.41) is 6.32. The smallest absolute Gasteiger partial charge is 0.125 e. The minimum atomic E-state index is -0.243. The first-order valence-corrected chi connectivity index (χ1v) is 7.52. The summed E-state index contributed by atoms with van der Waals surface area (Å²) in [6.45, 7) is 0.803. The van der Waals surface area contributed by atoms with Crippen LogP contribution >= 0.6 is 27.3 Å². The molecule has 1 saturated carbocycles. The predicted octanol–water partition coefficient (Wildman–Crippen LogP) is 3.96. The molecular formula is C13H12BrFN2S. The number of aromatic nitrogens is 1.